The van der Waals surface area contributed by atoms with Gasteiger partial charge in [-0.25, -0.2) is 0 Å². The van der Waals surface area contributed by atoms with Gasteiger partial charge in [0, 0.05) is 11.6 Å². The number of hydrogen-bond donors (Lipinski definition) is 1. The Labute approximate surface area is 134 Å². The summed E-state index contributed by atoms with van der Waals surface area (Å²) >= 11 is 3.38. The van der Waals surface area contributed by atoms with E-state index in [0.717, 1.165) is 4.47 Å². The van der Waals surface area contributed by atoms with Gasteiger partial charge in [0.05, 0.1) is 18.2 Å². The molecule has 2 N–H and O–H groups in total. The first-order valence-electron chi connectivity index (χ1n) is 6.67. The Morgan fingerprint density at radius 1 is 1.48 bits per heavy atom. The fraction of sp³-hybridized carbons (Fsp3) is 0.533. The van der Waals surface area contributed by atoms with E-state index in [1.54, 1.807) is 25.3 Å². The van der Waals surface area contributed by atoms with Gasteiger partial charge < -0.3 is 19.9 Å². The Kier molecular flexibility index (Phi) is 7.12. The fourth-order valence-corrected chi connectivity index (χ4v) is 2.11. The van der Waals surface area contributed by atoms with Crippen LogP contribution < -0.4 is 10.5 Å². The third kappa shape index (κ3) is 4.97. The SMILES string of the molecule is CC[C@@](C)(Oc1cc(Br)ccc1C#N)[C@H](N)COCOC. The van der Waals surface area contributed by atoms with Crippen LogP contribution in [0.3, 0.4) is 0 Å². The number of nitriles is 1. The van der Waals surface area contributed by atoms with Crippen LogP contribution in [-0.4, -0.2) is 32.2 Å². The van der Waals surface area contributed by atoms with Crippen molar-refractivity contribution in [2.75, 3.05) is 20.5 Å². The van der Waals surface area contributed by atoms with Crippen LogP contribution in [0.1, 0.15) is 25.8 Å². The lowest BCUT2D eigenvalue weighted by Gasteiger charge is -2.35. The lowest BCUT2D eigenvalue weighted by molar-refractivity contribution is -0.0589. The molecule has 1 aromatic rings. The van der Waals surface area contributed by atoms with Crippen LogP contribution in [0.4, 0.5) is 0 Å². The molecule has 21 heavy (non-hydrogen) atoms. The van der Waals surface area contributed by atoms with Gasteiger partial charge in [0.25, 0.3) is 0 Å². The van der Waals surface area contributed by atoms with Crippen molar-refractivity contribution < 1.29 is 14.2 Å². The van der Waals surface area contributed by atoms with Crippen molar-refractivity contribution in [2.24, 2.45) is 5.73 Å². The first kappa shape index (κ1) is 17.9. The van der Waals surface area contributed by atoms with Crippen LogP contribution in [0.5, 0.6) is 5.75 Å². The van der Waals surface area contributed by atoms with Gasteiger partial charge in [0.15, 0.2) is 0 Å². The summed E-state index contributed by atoms with van der Waals surface area (Å²) < 4.78 is 17.0. The van der Waals surface area contributed by atoms with Crippen molar-refractivity contribution in [2.45, 2.75) is 31.9 Å². The zero-order valence-corrected chi connectivity index (χ0v) is 14.1. The van der Waals surface area contributed by atoms with E-state index in [4.69, 9.17) is 19.9 Å². The largest absolute Gasteiger partial charge is 0.484 e. The molecule has 0 amide bonds. The van der Waals surface area contributed by atoms with Crippen molar-refractivity contribution in [1.29, 1.82) is 5.26 Å². The maximum absolute atomic E-state index is 9.17. The molecular formula is C15H21BrN2O3. The molecule has 0 fully saturated rings. The highest BCUT2D eigenvalue weighted by Crippen LogP contribution is 2.29. The minimum atomic E-state index is -0.639. The van der Waals surface area contributed by atoms with Crippen molar-refractivity contribution in [3.8, 4) is 11.8 Å². The van der Waals surface area contributed by atoms with Crippen LogP contribution in [0.2, 0.25) is 0 Å². The summed E-state index contributed by atoms with van der Waals surface area (Å²) in [6.45, 7) is 4.40. The molecule has 5 nitrogen and oxygen atoms in total. The molecule has 0 radical (unpaired) electrons. The molecule has 0 aliphatic carbocycles. The molecule has 1 aromatic carbocycles. The second-order valence-corrected chi connectivity index (χ2v) is 5.82. The quantitative estimate of drug-likeness (QED) is 0.572. The molecule has 0 saturated carbocycles. The molecule has 0 bridgehead atoms. The molecule has 0 aliphatic heterocycles. The monoisotopic (exact) mass is 356 g/mol. The Bertz CT molecular complexity index is 504. The zero-order valence-electron chi connectivity index (χ0n) is 12.6. The molecule has 0 saturated heterocycles. The molecule has 0 heterocycles. The maximum atomic E-state index is 9.17. The number of ether oxygens (including phenoxy) is 3. The molecule has 116 valence electrons. The molecule has 0 aromatic heterocycles. The Balaban J connectivity index is 2.90. The van der Waals surface area contributed by atoms with Crippen molar-refractivity contribution in [1.82, 2.24) is 0 Å². The standard InChI is InChI=1S/C15H21BrN2O3/c1-4-15(2,14(18)9-20-10-19-3)21-13-7-12(16)6-5-11(13)8-17/h5-7,14H,4,9-10,18H2,1-3H3/t14-,15-/m1/s1. The summed E-state index contributed by atoms with van der Waals surface area (Å²) in [5.74, 6) is 0.512. The highest BCUT2D eigenvalue weighted by atomic mass is 79.9. The van der Waals surface area contributed by atoms with Gasteiger partial charge in [-0.15, -0.1) is 0 Å². The van der Waals surface area contributed by atoms with Crippen LogP contribution in [0, 0.1) is 11.3 Å². The lowest BCUT2D eigenvalue weighted by Crippen LogP contribution is -2.52. The summed E-state index contributed by atoms with van der Waals surface area (Å²) in [6, 6.07) is 7.06. The highest BCUT2D eigenvalue weighted by molar-refractivity contribution is 9.10. The van der Waals surface area contributed by atoms with E-state index in [-0.39, 0.29) is 12.8 Å². The van der Waals surface area contributed by atoms with E-state index >= 15 is 0 Å². The van der Waals surface area contributed by atoms with E-state index in [0.29, 0.717) is 24.3 Å². The predicted molar refractivity (Wildman–Crippen MR) is 84.0 cm³/mol. The van der Waals surface area contributed by atoms with E-state index in [1.165, 1.54) is 0 Å². The number of hydrogen-bond acceptors (Lipinski definition) is 5. The number of nitrogens with two attached hydrogens (primary N) is 1. The minimum Gasteiger partial charge on any atom is -0.484 e. The molecule has 1 rings (SSSR count). The number of benzene rings is 1. The number of nitrogens with zero attached hydrogens (tertiary/aromatic N) is 1. The number of halogens is 1. The lowest BCUT2D eigenvalue weighted by atomic mass is 9.94. The third-order valence-corrected chi connectivity index (χ3v) is 3.89. The average Bonchev–Trinajstić information content (AvgIpc) is 2.47. The summed E-state index contributed by atoms with van der Waals surface area (Å²) in [5, 5.41) is 9.17. The first-order chi connectivity index (χ1) is 9.96. The molecule has 0 spiro atoms. The van der Waals surface area contributed by atoms with Gasteiger partial charge in [-0.1, -0.05) is 22.9 Å². The number of methoxy groups -OCH3 is 1. The Morgan fingerprint density at radius 3 is 2.76 bits per heavy atom. The van der Waals surface area contributed by atoms with Crippen LogP contribution >= 0.6 is 15.9 Å². The van der Waals surface area contributed by atoms with Gasteiger partial charge in [0.2, 0.25) is 0 Å². The zero-order chi connectivity index (χ0) is 15.9. The van der Waals surface area contributed by atoms with E-state index in [9.17, 15) is 5.26 Å². The van der Waals surface area contributed by atoms with Crippen molar-refractivity contribution >= 4 is 15.9 Å². The Hall–Kier alpha value is -1.13. The summed E-state index contributed by atoms with van der Waals surface area (Å²) in [4.78, 5) is 0. The van der Waals surface area contributed by atoms with Gasteiger partial charge in [-0.3, -0.25) is 0 Å². The van der Waals surface area contributed by atoms with Crippen LogP contribution in [0.25, 0.3) is 0 Å². The van der Waals surface area contributed by atoms with E-state index in [1.807, 2.05) is 13.8 Å². The van der Waals surface area contributed by atoms with Crippen LogP contribution in [-0.2, 0) is 9.47 Å². The second-order valence-electron chi connectivity index (χ2n) is 4.90. The van der Waals surface area contributed by atoms with Crippen LogP contribution in [0.15, 0.2) is 22.7 Å². The molecule has 0 aliphatic rings. The summed E-state index contributed by atoms with van der Waals surface area (Å²) in [5.41, 5.74) is 6.02. The second kappa shape index (κ2) is 8.35. The molecule has 6 heteroatoms. The van der Waals surface area contributed by atoms with Crippen molar-refractivity contribution in [3.63, 3.8) is 0 Å². The van der Waals surface area contributed by atoms with Gasteiger partial charge in [-0.2, -0.15) is 5.26 Å². The molecule has 2 atom stereocenters. The molecular weight excluding hydrogens is 336 g/mol. The number of rotatable bonds is 8. The maximum Gasteiger partial charge on any atom is 0.146 e. The predicted octanol–water partition coefficient (Wildman–Crippen LogP) is 2.82. The first-order valence-corrected chi connectivity index (χ1v) is 7.47. The topological polar surface area (TPSA) is 77.5 Å². The van der Waals surface area contributed by atoms with Crippen molar-refractivity contribution in [3.05, 3.63) is 28.2 Å². The van der Waals surface area contributed by atoms with E-state index < -0.39 is 5.60 Å². The summed E-state index contributed by atoms with van der Waals surface area (Å²) in [6.07, 6.45) is 0.682. The van der Waals surface area contributed by atoms with Gasteiger partial charge in [0.1, 0.15) is 24.2 Å². The third-order valence-electron chi connectivity index (χ3n) is 3.39. The van der Waals surface area contributed by atoms with E-state index in [2.05, 4.69) is 22.0 Å². The fourth-order valence-electron chi connectivity index (χ4n) is 1.77. The smallest absolute Gasteiger partial charge is 0.146 e. The normalized spacial score (nSPS) is 15.0. The average molecular weight is 357 g/mol. The summed E-state index contributed by atoms with van der Waals surface area (Å²) in [7, 11) is 1.56. The Morgan fingerprint density at radius 2 is 2.19 bits per heavy atom. The van der Waals surface area contributed by atoms with Gasteiger partial charge >= 0.3 is 0 Å². The molecule has 0 unspecified atom stereocenters. The minimum absolute atomic E-state index is 0.188. The highest BCUT2D eigenvalue weighted by Gasteiger charge is 2.33. The van der Waals surface area contributed by atoms with Gasteiger partial charge in [-0.05, 0) is 31.5 Å².